The molecule has 0 spiro atoms. The Morgan fingerprint density at radius 1 is 1.00 bits per heavy atom. The number of pyridine rings is 2. The van der Waals surface area contributed by atoms with E-state index in [0.717, 1.165) is 0 Å². The first-order valence-corrected chi connectivity index (χ1v) is 9.85. The second-order valence-corrected chi connectivity index (χ2v) is 6.90. The van der Waals surface area contributed by atoms with Gasteiger partial charge in [-0.1, -0.05) is 18.2 Å². The van der Waals surface area contributed by atoms with Crippen molar-refractivity contribution in [3.8, 4) is 17.2 Å². The van der Waals surface area contributed by atoms with Gasteiger partial charge < -0.3 is 14.2 Å². The molecule has 0 aliphatic heterocycles. The Kier molecular flexibility index (Phi) is 7.66. The molecule has 0 saturated heterocycles. The van der Waals surface area contributed by atoms with Crippen LogP contribution in [0.5, 0.6) is 17.2 Å². The molecular formula is C24H21F3N2O4. The lowest BCUT2D eigenvalue weighted by molar-refractivity contribution is -0.153. The van der Waals surface area contributed by atoms with E-state index in [9.17, 15) is 18.0 Å². The maximum atomic E-state index is 12.4. The minimum Gasteiger partial charge on any atom is -0.493 e. The molecule has 0 amide bonds. The summed E-state index contributed by atoms with van der Waals surface area (Å²) in [7, 11) is 1.48. The van der Waals surface area contributed by atoms with Crippen molar-refractivity contribution in [3.63, 3.8) is 0 Å². The fraction of sp³-hybridized carbons (Fsp3) is 0.208. The highest BCUT2D eigenvalue weighted by Gasteiger charge is 2.28. The molecule has 0 aliphatic rings. The molecule has 2 heterocycles. The smallest absolute Gasteiger partial charge is 0.422 e. The zero-order valence-electron chi connectivity index (χ0n) is 17.9. The van der Waals surface area contributed by atoms with Crippen LogP contribution in [0, 0.1) is 6.92 Å². The molecule has 33 heavy (non-hydrogen) atoms. The van der Waals surface area contributed by atoms with E-state index in [0.29, 0.717) is 34.0 Å². The number of benzene rings is 1. The van der Waals surface area contributed by atoms with Gasteiger partial charge in [-0.15, -0.1) is 0 Å². The van der Waals surface area contributed by atoms with Crippen LogP contribution in [-0.4, -0.2) is 35.6 Å². The van der Waals surface area contributed by atoms with Crippen LogP contribution in [0.1, 0.15) is 27.3 Å². The van der Waals surface area contributed by atoms with E-state index in [1.807, 2.05) is 0 Å². The van der Waals surface area contributed by atoms with E-state index in [2.05, 4.69) is 9.97 Å². The second kappa shape index (κ2) is 10.6. The highest BCUT2D eigenvalue weighted by molar-refractivity contribution is 6.05. The summed E-state index contributed by atoms with van der Waals surface area (Å²) in [5.74, 6) is 0.688. The molecule has 3 rings (SSSR count). The molecule has 0 fully saturated rings. The number of hydrogen-bond donors (Lipinski definition) is 0. The first-order valence-electron chi connectivity index (χ1n) is 9.85. The molecule has 2 aromatic heterocycles. The standard InChI is InChI=1S/C24H21F3N2O4/c1-16-19(29-12-10-21(16)33-15-24(25,26)27)14-32-22-9-7-17(13-23(22)31-2)6-8-20(30)18-5-3-4-11-28-18/h3-13H,14-15H2,1-2H3/b8-6+. The number of ether oxygens (including phenoxy) is 3. The van der Waals surface area contributed by atoms with Crippen LogP contribution >= 0.6 is 0 Å². The van der Waals surface area contributed by atoms with Crippen molar-refractivity contribution in [3.05, 3.63) is 83.4 Å². The normalized spacial score (nSPS) is 11.4. The van der Waals surface area contributed by atoms with Crippen molar-refractivity contribution in [2.24, 2.45) is 0 Å². The van der Waals surface area contributed by atoms with Crippen molar-refractivity contribution in [1.29, 1.82) is 0 Å². The number of allylic oxidation sites excluding steroid dienone is 1. The van der Waals surface area contributed by atoms with Gasteiger partial charge in [0.05, 0.1) is 12.8 Å². The van der Waals surface area contributed by atoms with E-state index in [1.165, 1.54) is 25.4 Å². The predicted octanol–water partition coefficient (Wildman–Crippen LogP) is 5.21. The summed E-state index contributed by atoms with van der Waals surface area (Å²) in [5, 5.41) is 0. The van der Waals surface area contributed by atoms with Gasteiger partial charge in [0.2, 0.25) is 5.78 Å². The number of ketones is 1. The van der Waals surface area contributed by atoms with Crippen molar-refractivity contribution in [1.82, 2.24) is 9.97 Å². The van der Waals surface area contributed by atoms with Crippen LogP contribution in [0.15, 0.2) is 60.9 Å². The van der Waals surface area contributed by atoms with Crippen molar-refractivity contribution in [2.75, 3.05) is 13.7 Å². The maximum Gasteiger partial charge on any atom is 0.422 e. The molecule has 172 valence electrons. The van der Waals surface area contributed by atoms with Crippen LogP contribution in [0.3, 0.4) is 0 Å². The molecule has 0 N–H and O–H groups in total. The van der Waals surface area contributed by atoms with Gasteiger partial charge in [-0.25, -0.2) is 0 Å². The predicted molar refractivity (Wildman–Crippen MR) is 115 cm³/mol. The zero-order valence-corrected chi connectivity index (χ0v) is 17.9. The van der Waals surface area contributed by atoms with Crippen LogP contribution in [0.25, 0.3) is 6.08 Å². The van der Waals surface area contributed by atoms with E-state index in [4.69, 9.17) is 14.2 Å². The lowest BCUT2D eigenvalue weighted by Crippen LogP contribution is -2.20. The molecular weight excluding hydrogens is 437 g/mol. The third-order valence-corrected chi connectivity index (χ3v) is 4.55. The van der Waals surface area contributed by atoms with Crippen LogP contribution in [0.2, 0.25) is 0 Å². The quantitative estimate of drug-likeness (QED) is 0.324. The number of halogens is 3. The first kappa shape index (κ1) is 23.8. The first-order chi connectivity index (χ1) is 15.8. The Hall–Kier alpha value is -3.88. The monoisotopic (exact) mass is 458 g/mol. The Balaban J connectivity index is 1.68. The van der Waals surface area contributed by atoms with E-state index in [1.54, 1.807) is 55.6 Å². The van der Waals surface area contributed by atoms with Gasteiger partial charge in [-0.2, -0.15) is 13.2 Å². The van der Waals surface area contributed by atoms with Crippen LogP contribution in [-0.2, 0) is 6.61 Å². The molecule has 1 aromatic carbocycles. The summed E-state index contributed by atoms with van der Waals surface area (Å²) in [5.41, 5.74) is 1.93. The summed E-state index contributed by atoms with van der Waals surface area (Å²) in [6.07, 6.45) is 1.53. The van der Waals surface area contributed by atoms with Gasteiger partial charge in [0.1, 0.15) is 18.1 Å². The van der Waals surface area contributed by atoms with Gasteiger partial charge in [-0.3, -0.25) is 14.8 Å². The van der Waals surface area contributed by atoms with Crippen molar-refractivity contribution >= 4 is 11.9 Å². The number of rotatable bonds is 9. The molecule has 6 nitrogen and oxygen atoms in total. The summed E-state index contributed by atoms with van der Waals surface area (Å²) >= 11 is 0. The number of carbonyl (C=O) groups excluding carboxylic acids is 1. The second-order valence-electron chi connectivity index (χ2n) is 6.90. The Morgan fingerprint density at radius 2 is 1.82 bits per heavy atom. The molecule has 3 aromatic rings. The Labute approximate surface area is 188 Å². The molecule has 0 bridgehead atoms. The molecule has 9 heteroatoms. The third kappa shape index (κ3) is 6.80. The van der Waals surface area contributed by atoms with Crippen LogP contribution < -0.4 is 14.2 Å². The third-order valence-electron chi connectivity index (χ3n) is 4.55. The van der Waals surface area contributed by atoms with Gasteiger partial charge in [0.25, 0.3) is 0 Å². The number of aromatic nitrogens is 2. The summed E-state index contributed by atoms with van der Waals surface area (Å²) in [6.45, 7) is 0.226. The Bertz CT molecular complexity index is 1130. The van der Waals surface area contributed by atoms with Crippen molar-refractivity contribution < 1.29 is 32.2 Å². The zero-order chi connectivity index (χ0) is 23.8. The minimum absolute atomic E-state index is 0.00123. The fourth-order valence-electron chi connectivity index (χ4n) is 2.84. The van der Waals surface area contributed by atoms with Crippen LogP contribution in [0.4, 0.5) is 13.2 Å². The fourth-order valence-corrected chi connectivity index (χ4v) is 2.84. The molecule has 0 unspecified atom stereocenters. The Morgan fingerprint density at radius 3 is 2.52 bits per heavy atom. The lowest BCUT2D eigenvalue weighted by atomic mass is 10.1. The van der Waals surface area contributed by atoms with E-state index >= 15 is 0 Å². The molecule has 0 atom stereocenters. The highest BCUT2D eigenvalue weighted by atomic mass is 19.4. The number of hydrogen-bond acceptors (Lipinski definition) is 6. The maximum absolute atomic E-state index is 12.4. The summed E-state index contributed by atoms with van der Waals surface area (Å²) in [6, 6.07) is 11.6. The van der Waals surface area contributed by atoms with Gasteiger partial charge in [-0.05, 0) is 48.9 Å². The minimum atomic E-state index is -4.43. The highest BCUT2D eigenvalue weighted by Crippen LogP contribution is 2.30. The number of alkyl halides is 3. The summed E-state index contributed by atoms with van der Waals surface area (Å²) in [4.78, 5) is 20.4. The number of nitrogens with zero attached hydrogens (tertiary/aromatic N) is 2. The summed E-state index contributed by atoms with van der Waals surface area (Å²) < 4.78 is 53.3. The van der Waals surface area contributed by atoms with Gasteiger partial charge >= 0.3 is 6.18 Å². The average Bonchev–Trinajstić information content (AvgIpc) is 2.81. The topological polar surface area (TPSA) is 70.5 Å². The SMILES string of the molecule is COc1cc(/C=C/C(=O)c2ccccn2)ccc1OCc1nccc(OCC(F)(F)F)c1C. The molecule has 0 radical (unpaired) electrons. The van der Waals surface area contributed by atoms with Gasteiger partial charge in [0.15, 0.2) is 18.1 Å². The number of methoxy groups -OCH3 is 1. The average molecular weight is 458 g/mol. The molecule has 0 saturated carbocycles. The van der Waals surface area contributed by atoms with Crippen molar-refractivity contribution in [2.45, 2.75) is 19.7 Å². The van der Waals surface area contributed by atoms with E-state index < -0.39 is 12.8 Å². The largest absolute Gasteiger partial charge is 0.493 e. The van der Waals surface area contributed by atoms with Gasteiger partial charge in [0, 0.05) is 18.0 Å². The van der Waals surface area contributed by atoms with E-state index in [-0.39, 0.29) is 18.1 Å². The number of carbonyl (C=O) groups is 1. The molecule has 0 aliphatic carbocycles. The lowest BCUT2D eigenvalue weighted by Gasteiger charge is -2.15.